The molecule has 9 nitrogen and oxygen atoms in total. The molecule has 182 valence electrons. The van der Waals surface area contributed by atoms with Crippen molar-refractivity contribution >= 4 is 5.82 Å². The van der Waals surface area contributed by atoms with E-state index in [0.29, 0.717) is 24.5 Å². The number of aromatic nitrogens is 4. The van der Waals surface area contributed by atoms with Crippen molar-refractivity contribution in [1.29, 1.82) is 5.26 Å². The number of rotatable bonds is 6. The van der Waals surface area contributed by atoms with Gasteiger partial charge in [-0.05, 0) is 48.2 Å². The number of nitriles is 1. The second-order valence-electron chi connectivity index (χ2n) is 9.03. The van der Waals surface area contributed by atoms with E-state index in [-0.39, 0.29) is 24.7 Å². The van der Waals surface area contributed by atoms with Gasteiger partial charge in [0.05, 0.1) is 30.4 Å². The zero-order valence-corrected chi connectivity index (χ0v) is 19.8. The Bertz CT molecular complexity index is 1510. The fraction of sp³-hybridized carbons (Fsp3) is 0.259. The zero-order chi connectivity index (χ0) is 25.1. The summed E-state index contributed by atoms with van der Waals surface area (Å²) in [5.74, 6) is 0.540. The van der Waals surface area contributed by atoms with Crippen molar-refractivity contribution in [2.45, 2.75) is 32.0 Å². The molecule has 1 aliphatic heterocycles. The smallest absolute Gasteiger partial charge is 0.333 e. The van der Waals surface area contributed by atoms with Crippen molar-refractivity contribution in [2.24, 2.45) is 5.73 Å². The first-order chi connectivity index (χ1) is 17.5. The summed E-state index contributed by atoms with van der Waals surface area (Å²) in [4.78, 5) is 29.0. The fourth-order valence-corrected chi connectivity index (χ4v) is 4.67. The van der Waals surface area contributed by atoms with Crippen LogP contribution in [0.25, 0.3) is 5.69 Å². The summed E-state index contributed by atoms with van der Waals surface area (Å²) < 4.78 is 4.58. The van der Waals surface area contributed by atoms with Gasteiger partial charge in [0.15, 0.2) is 0 Å². The highest BCUT2D eigenvalue weighted by molar-refractivity contribution is 5.43. The molecule has 2 aromatic heterocycles. The number of nitrogens with zero attached hydrogens (tertiary/aromatic N) is 6. The molecule has 0 amide bonds. The van der Waals surface area contributed by atoms with E-state index >= 15 is 0 Å². The molecule has 5 rings (SSSR count). The minimum Gasteiger partial charge on any atom is -0.356 e. The van der Waals surface area contributed by atoms with E-state index in [1.807, 2.05) is 53.6 Å². The quantitative estimate of drug-likeness (QED) is 0.451. The lowest BCUT2D eigenvalue weighted by Gasteiger charge is -2.34. The molecule has 0 spiro atoms. The minimum absolute atomic E-state index is 0.0237. The average molecular weight is 482 g/mol. The van der Waals surface area contributed by atoms with Gasteiger partial charge in [-0.2, -0.15) is 10.4 Å². The molecule has 1 aliphatic rings. The lowest BCUT2D eigenvalue weighted by Crippen LogP contribution is -2.48. The third kappa shape index (κ3) is 4.72. The predicted molar refractivity (Wildman–Crippen MR) is 137 cm³/mol. The van der Waals surface area contributed by atoms with Crippen molar-refractivity contribution in [3.05, 3.63) is 111 Å². The fourth-order valence-electron chi connectivity index (χ4n) is 4.67. The van der Waals surface area contributed by atoms with Crippen LogP contribution in [0.2, 0.25) is 0 Å². The van der Waals surface area contributed by atoms with Gasteiger partial charge in [-0.15, -0.1) is 0 Å². The summed E-state index contributed by atoms with van der Waals surface area (Å²) in [6.07, 6.45) is 5.35. The molecule has 0 saturated carbocycles. The molecule has 9 heteroatoms. The number of piperidine rings is 1. The minimum atomic E-state index is -0.416. The number of nitrogens with two attached hydrogens (primary N) is 1. The maximum absolute atomic E-state index is 13.8. The Balaban J connectivity index is 1.55. The highest BCUT2D eigenvalue weighted by Gasteiger charge is 2.23. The zero-order valence-electron chi connectivity index (χ0n) is 19.8. The van der Waals surface area contributed by atoms with Crippen LogP contribution in [-0.4, -0.2) is 38.0 Å². The molecule has 1 unspecified atom stereocenters. The SMILES string of the molecule is N#Cc1ccccc1Cn1c(N2CCCC(N)C2)cc(=O)n(Cc2ccc(-n3cccn3)cc2)c1=O. The maximum atomic E-state index is 13.8. The lowest BCUT2D eigenvalue weighted by molar-refractivity contribution is 0.490. The van der Waals surface area contributed by atoms with Crippen LogP contribution in [0.1, 0.15) is 29.5 Å². The molecule has 0 radical (unpaired) electrons. The van der Waals surface area contributed by atoms with E-state index in [9.17, 15) is 14.9 Å². The van der Waals surface area contributed by atoms with Crippen molar-refractivity contribution in [3.8, 4) is 11.8 Å². The number of anilines is 1. The maximum Gasteiger partial charge on any atom is 0.333 e. The van der Waals surface area contributed by atoms with Crippen LogP contribution < -0.4 is 21.9 Å². The molecule has 0 bridgehead atoms. The average Bonchev–Trinajstić information content (AvgIpc) is 3.44. The second kappa shape index (κ2) is 10.1. The van der Waals surface area contributed by atoms with Gasteiger partial charge in [0.25, 0.3) is 5.56 Å². The van der Waals surface area contributed by atoms with E-state index in [2.05, 4.69) is 11.2 Å². The van der Waals surface area contributed by atoms with Gasteiger partial charge in [0, 0.05) is 37.6 Å². The Morgan fingerprint density at radius 2 is 1.83 bits per heavy atom. The summed E-state index contributed by atoms with van der Waals surface area (Å²) >= 11 is 0. The Morgan fingerprint density at radius 1 is 1.03 bits per heavy atom. The summed E-state index contributed by atoms with van der Waals surface area (Å²) in [5, 5.41) is 13.8. The molecule has 1 saturated heterocycles. The van der Waals surface area contributed by atoms with Crippen LogP contribution >= 0.6 is 0 Å². The largest absolute Gasteiger partial charge is 0.356 e. The van der Waals surface area contributed by atoms with E-state index in [0.717, 1.165) is 29.7 Å². The first-order valence-corrected chi connectivity index (χ1v) is 12.0. The molecule has 4 aromatic rings. The molecule has 2 N–H and O–H groups in total. The van der Waals surface area contributed by atoms with Crippen molar-refractivity contribution in [3.63, 3.8) is 0 Å². The summed E-state index contributed by atoms with van der Waals surface area (Å²) in [6.45, 7) is 1.60. The van der Waals surface area contributed by atoms with Gasteiger partial charge in [-0.25, -0.2) is 9.48 Å². The van der Waals surface area contributed by atoms with Gasteiger partial charge < -0.3 is 10.6 Å². The Morgan fingerprint density at radius 3 is 2.56 bits per heavy atom. The number of hydrogen-bond donors (Lipinski definition) is 1. The van der Waals surface area contributed by atoms with Gasteiger partial charge in [-0.1, -0.05) is 30.3 Å². The Kier molecular flexibility index (Phi) is 6.52. The summed E-state index contributed by atoms with van der Waals surface area (Å²) in [5.41, 5.74) is 8.35. The predicted octanol–water partition coefficient (Wildman–Crippen LogP) is 2.09. The lowest BCUT2D eigenvalue weighted by atomic mass is 10.1. The van der Waals surface area contributed by atoms with Crippen molar-refractivity contribution in [1.82, 2.24) is 18.9 Å². The van der Waals surface area contributed by atoms with Crippen molar-refractivity contribution < 1.29 is 0 Å². The second-order valence-corrected chi connectivity index (χ2v) is 9.03. The highest BCUT2D eigenvalue weighted by Crippen LogP contribution is 2.19. The number of hydrogen-bond acceptors (Lipinski definition) is 6. The standard InChI is InChI=1S/C27H27N7O2/c28-16-21-5-1-2-6-22(21)18-32-25(31-13-3-7-23(29)19-31)15-26(35)33(27(32)36)17-20-8-10-24(11-9-20)34-14-4-12-30-34/h1-2,4-6,8-12,14-15,23H,3,7,13,17-19,29H2. The van der Waals surface area contributed by atoms with Crippen LogP contribution in [0, 0.1) is 11.3 Å². The molecular formula is C27H27N7O2. The van der Waals surface area contributed by atoms with Gasteiger partial charge in [0.2, 0.25) is 0 Å². The monoisotopic (exact) mass is 481 g/mol. The molecule has 3 heterocycles. The Hall–Kier alpha value is -4.42. The highest BCUT2D eigenvalue weighted by atomic mass is 16.2. The number of benzene rings is 2. The Labute approximate surface area is 208 Å². The van der Waals surface area contributed by atoms with Gasteiger partial charge >= 0.3 is 5.69 Å². The third-order valence-corrected chi connectivity index (χ3v) is 6.55. The normalized spacial score (nSPS) is 15.6. The molecule has 1 fully saturated rings. The van der Waals surface area contributed by atoms with Crippen molar-refractivity contribution in [2.75, 3.05) is 18.0 Å². The molecule has 1 atom stereocenters. The summed E-state index contributed by atoms with van der Waals surface area (Å²) in [6, 6.07) is 20.3. The summed E-state index contributed by atoms with van der Waals surface area (Å²) in [7, 11) is 0. The molecule has 36 heavy (non-hydrogen) atoms. The molecule has 0 aliphatic carbocycles. The van der Waals surface area contributed by atoms with E-state index in [1.54, 1.807) is 27.6 Å². The van der Waals surface area contributed by atoms with Crippen LogP contribution in [0.4, 0.5) is 5.82 Å². The first-order valence-electron chi connectivity index (χ1n) is 12.0. The van der Waals surface area contributed by atoms with E-state index in [4.69, 9.17) is 5.73 Å². The topological polar surface area (TPSA) is 115 Å². The third-order valence-electron chi connectivity index (χ3n) is 6.55. The van der Waals surface area contributed by atoms with Crippen LogP contribution in [-0.2, 0) is 13.1 Å². The van der Waals surface area contributed by atoms with Crippen LogP contribution in [0.5, 0.6) is 0 Å². The molecular weight excluding hydrogens is 454 g/mol. The van der Waals surface area contributed by atoms with E-state index < -0.39 is 5.69 Å². The van der Waals surface area contributed by atoms with E-state index in [1.165, 1.54) is 10.6 Å². The van der Waals surface area contributed by atoms with Gasteiger partial charge in [0.1, 0.15) is 5.82 Å². The van der Waals surface area contributed by atoms with Crippen LogP contribution in [0.3, 0.4) is 0 Å². The van der Waals surface area contributed by atoms with Crippen LogP contribution in [0.15, 0.2) is 82.6 Å². The van der Waals surface area contributed by atoms with Gasteiger partial charge in [-0.3, -0.25) is 13.9 Å². The first kappa shape index (κ1) is 23.3. The molecule has 2 aromatic carbocycles.